The summed E-state index contributed by atoms with van der Waals surface area (Å²) < 4.78 is 31.4. The SMILES string of the molecule is Br.CCN(CC)CCOc1ccc(NS(C)(=O)=O)cc1C(=O)CCc1ccccc1. The number of ketones is 1. The Morgan fingerprint density at radius 2 is 1.73 bits per heavy atom. The van der Waals surface area contributed by atoms with Crippen LogP contribution in [0.15, 0.2) is 48.5 Å². The minimum Gasteiger partial charge on any atom is -0.491 e. The Kier molecular flexibility index (Phi) is 11.1. The minimum absolute atomic E-state index is 0. The van der Waals surface area contributed by atoms with Crippen molar-refractivity contribution >= 4 is 38.5 Å². The molecule has 0 aliphatic carbocycles. The van der Waals surface area contributed by atoms with E-state index in [4.69, 9.17) is 4.74 Å². The number of nitrogens with one attached hydrogen (secondary N) is 1. The van der Waals surface area contributed by atoms with Crippen LogP contribution in [0.3, 0.4) is 0 Å². The summed E-state index contributed by atoms with van der Waals surface area (Å²) in [6, 6.07) is 14.6. The van der Waals surface area contributed by atoms with Crippen molar-refractivity contribution in [2.24, 2.45) is 0 Å². The van der Waals surface area contributed by atoms with Crippen molar-refractivity contribution in [2.45, 2.75) is 26.7 Å². The van der Waals surface area contributed by atoms with Gasteiger partial charge < -0.3 is 9.64 Å². The van der Waals surface area contributed by atoms with Gasteiger partial charge in [-0.25, -0.2) is 8.42 Å². The zero-order valence-electron chi connectivity index (χ0n) is 17.8. The summed E-state index contributed by atoms with van der Waals surface area (Å²) in [7, 11) is -3.43. The predicted octanol–water partition coefficient (Wildman–Crippen LogP) is 4.17. The molecule has 8 heteroatoms. The normalized spacial score (nSPS) is 11.1. The lowest BCUT2D eigenvalue weighted by atomic mass is 10.0. The van der Waals surface area contributed by atoms with Gasteiger partial charge in [0.2, 0.25) is 10.0 Å². The van der Waals surface area contributed by atoms with Crippen LogP contribution in [-0.2, 0) is 16.4 Å². The average Bonchev–Trinajstić information content (AvgIpc) is 2.70. The number of carbonyl (C=O) groups is 1. The fourth-order valence-electron chi connectivity index (χ4n) is 3.01. The number of ether oxygens (including phenoxy) is 1. The molecule has 0 fully saturated rings. The number of nitrogens with zero attached hydrogens (tertiary/aromatic N) is 1. The second-order valence-electron chi connectivity index (χ2n) is 6.87. The number of hydrogen-bond donors (Lipinski definition) is 1. The van der Waals surface area contributed by atoms with Gasteiger partial charge in [0.25, 0.3) is 0 Å². The first-order valence-electron chi connectivity index (χ1n) is 9.86. The molecular formula is C22H31BrN2O4S. The highest BCUT2D eigenvalue weighted by molar-refractivity contribution is 8.93. The standard InChI is InChI=1S/C22H30N2O4S.BrH/c1-4-24(5-2)15-16-28-22-14-12-19(23-29(3,26)27)17-20(22)21(25)13-11-18-9-7-6-8-10-18;/h6-10,12,14,17,23H,4-5,11,13,15-16H2,1-3H3;1H. The number of rotatable bonds is 12. The second-order valence-corrected chi connectivity index (χ2v) is 8.62. The van der Waals surface area contributed by atoms with Gasteiger partial charge in [-0.05, 0) is 43.3 Å². The molecule has 0 heterocycles. The lowest BCUT2D eigenvalue weighted by Gasteiger charge is -2.19. The van der Waals surface area contributed by atoms with Crippen LogP contribution >= 0.6 is 17.0 Å². The lowest BCUT2D eigenvalue weighted by molar-refractivity contribution is 0.0978. The molecule has 0 unspecified atom stereocenters. The van der Waals surface area contributed by atoms with Crippen LogP contribution in [0.5, 0.6) is 5.75 Å². The van der Waals surface area contributed by atoms with Gasteiger partial charge in [-0.2, -0.15) is 0 Å². The van der Waals surface area contributed by atoms with Crippen molar-refractivity contribution in [1.82, 2.24) is 4.90 Å². The fourth-order valence-corrected chi connectivity index (χ4v) is 3.57. The van der Waals surface area contributed by atoms with Gasteiger partial charge in [-0.3, -0.25) is 9.52 Å². The topological polar surface area (TPSA) is 75.7 Å². The van der Waals surface area contributed by atoms with E-state index in [0.29, 0.717) is 36.4 Å². The maximum atomic E-state index is 12.9. The number of anilines is 1. The molecule has 0 amide bonds. The van der Waals surface area contributed by atoms with E-state index < -0.39 is 10.0 Å². The molecule has 0 atom stereocenters. The molecule has 0 saturated heterocycles. The van der Waals surface area contributed by atoms with E-state index in [1.165, 1.54) is 0 Å². The van der Waals surface area contributed by atoms with Gasteiger partial charge in [0.05, 0.1) is 11.8 Å². The highest BCUT2D eigenvalue weighted by atomic mass is 79.9. The van der Waals surface area contributed by atoms with Gasteiger partial charge >= 0.3 is 0 Å². The van der Waals surface area contributed by atoms with E-state index in [1.54, 1.807) is 18.2 Å². The van der Waals surface area contributed by atoms with Crippen LogP contribution in [-0.4, -0.2) is 51.6 Å². The van der Waals surface area contributed by atoms with E-state index in [2.05, 4.69) is 23.5 Å². The van der Waals surface area contributed by atoms with Gasteiger partial charge in [-0.15, -0.1) is 17.0 Å². The summed E-state index contributed by atoms with van der Waals surface area (Å²) in [6.45, 7) is 7.26. The van der Waals surface area contributed by atoms with Crippen molar-refractivity contribution in [3.63, 3.8) is 0 Å². The monoisotopic (exact) mass is 498 g/mol. The highest BCUT2D eigenvalue weighted by Crippen LogP contribution is 2.25. The summed E-state index contributed by atoms with van der Waals surface area (Å²) in [4.78, 5) is 15.1. The van der Waals surface area contributed by atoms with Crippen molar-refractivity contribution in [1.29, 1.82) is 0 Å². The molecule has 2 aromatic rings. The van der Waals surface area contributed by atoms with Crippen LogP contribution in [0.4, 0.5) is 5.69 Å². The number of Topliss-reactive ketones (excluding diaryl/α,β-unsaturated/α-hetero) is 1. The van der Waals surface area contributed by atoms with Crippen molar-refractivity contribution < 1.29 is 17.9 Å². The smallest absolute Gasteiger partial charge is 0.229 e. The summed E-state index contributed by atoms with van der Waals surface area (Å²) in [5.74, 6) is 0.401. The highest BCUT2D eigenvalue weighted by Gasteiger charge is 2.15. The van der Waals surface area contributed by atoms with Gasteiger partial charge in [0.1, 0.15) is 12.4 Å². The Hall–Kier alpha value is -1.90. The molecule has 0 bridgehead atoms. The molecule has 30 heavy (non-hydrogen) atoms. The molecule has 0 aromatic heterocycles. The second kappa shape index (κ2) is 12.7. The number of aryl methyl sites for hydroxylation is 1. The Morgan fingerprint density at radius 1 is 1.07 bits per heavy atom. The molecule has 0 spiro atoms. The van der Waals surface area contributed by atoms with Crippen LogP contribution < -0.4 is 9.46 Å². The zero-order chi connectivity index (χ0) is 21.3. The van der Waals surface area contributed by atoms with Crippen LogP contribution in [0, 0.1) is 0 Å². The Morgan fingerprint density at radius 3 is 2.33 bits per heavy atom. The molecular weight excluding hydrogens is 468 g/mol. The third kappa shape index (κ3) is 8.85. The number of carbonyl (C=O) groups excluding carboxylic acids is 1. The van der Waals surface area contributed by atoms with Gasteiger partial charge in [0, 0.05) is 18.7 Å². The summed E-state index contributed by atoms with van der Waals surface area (Å²) >= 11 is 0. The third-order valence-electron chi connectivity index (χ3n) is 4.63. The first kappa shape index (κ1) is 26.1. The van der Waals surface area contributed by atoms with E-state index in [0.717, 1.165) is 31.5 Å². The summed E-state index contributed by atoms with van der Waals surface area (Å²) in [5, 5.41) is 0. The largest absolute Gasteiger partial charge is 0.491 e. The minimum atomic E-state index is -3.43. The maximum absolute atomic E-state index is 12.9. The van der Waals surface area contributed by atoms with Crippen LogP contribution in [0.1, 0.15) is 36.2 Å². The first-order chi connectivity index (χ1) is 13.8. The first-order valence-corrected chi connectivity index (χ1v) is 11.8. The molecule has 0 saturated carbocycles. The lowest BCUT2D eigenvalue weighted by Crippen LogP contribution is -2.28. The quantitative estimate of drug-likeness (QED) is 0.444. The van der Waals surface area contributed by atoms with Gasteiger partial charge in [-0.1, -0.05) is 44.2 Å². The number of sulfonamides is 1. The Balaban J connectivity index is 0.00000450. The molecule has 0 radical (unpaired) electrons. The molecule has 0 aliphatic rings. The van der Waals surface area contributed by atoms with Crippen molar-refractivity contribution in [3.05, 3.63) is 59.7 Å². The number of halogens is 1. The zero-order valence-corrected chi connectivity index (χ0v) is 20.3. The van der Waals surface area contributed by atoms with E-state index in [1.807, 2.05) is 30.3 Å². The molecule has 0 aliphatic heterocycles. The summed E-state index contributed by atoms with van der Waals surface area (Å²) in [5.41, 5.74) is 1.83. The number of likely N-dealkylation sites (N-methyl/N-ethyl adjacent to an activating group) is 1. The van der Waals surface area contributed by atoms with E-state index in [-0.39, 0.29) is 22.8 Å². The Labute approximate surface area is 190 Å². The molecule has 166 valence electrons. The van der Waals surface area contributed by atoms with Gasteiger partial charge in [0.15, 0.2) is 5.78 Å². The Bertz CT molecular complexity index is 901. The maximum Gasteiger partial charge on any atom is 0.229 e. The van der Waals surface area contributed by atoms with E-state index in [9.17, 15) is 13.2 Å². The van der Waals surface area contributed by atoms with E-state index >= 15 is 0 Å². The van der Waals surface area contributed by atoms with Crippen molar-refractivity contribution in [3.8, 4) is 5.75 Å². The molecule has 2 aromatic carbocycles. The number of benzene rings is 2. The van der Waals surface area contributed by atoms with Crippen LogP contribution in [0.2, 0.25) is 0 Å². The average molecular weight is 499 g/mol. The van der Waals surface area contributed by atoms with Crippen LogP contribution in [0.25, 0.3) is 0 Å². The van der Waals surface area contributed by atoms with Crippen molar-refractivity contribution in [2.75, 3.05) is 37.2 Å². The third-order valence-corrected chi connectivity index (χ3v) is 5.23. The molecule has 6 nitrogen and oxygen atoms in total. The predicted molar refractivity (Wildman–Crippen MR) is 128 cm³/mol. The summed E-state index contributed by atoms with van der Waals surface area (Å²) in [6.07, 6.45) is 2.01. The number of hydrogen-bond acceptors (Lipinski definition) is 5. The molecule has 1 N–H and O–H groups in total. The molecule has 2 rings (SSSR count). The fraction of sp³-hybridized carbons (Fsp3) is 0.409.